The SMILES string of the molecule is O=C(CSc1nnnn1-c1cccc(Cl)c1)NC1CCN(Cc2ccccc2)C1. The lowest BCUT2D eigenvalue weighted by molar-refractivity contribution is -0.119. The summed E-state index contributed by atoms with van der Waals surface area (Å²) in [6.45, 7) is 2.77. The minimum Gasteiger partial charge on any atom is -0.351 e. The Morgan fingerprint density at radius 2 is 2.07 bits per heavy atom. The summed E-state index contributed by atoms with van der Waals surface area (Å²) in [4.78, 5) is 14.8. The Morgan fingerprint density at radius 3 is 2.90 bits per heavy atom. The fourth-order valence-electron chi connectivity index (χ4n) is 3.37. The minimum atomic E-state index is -0.0118. The number of likely N-dealkylation sites (tertiary alicyclic amines) is 1. The van der Waals surface area contributed by atoms with Crippen molar-refractivity contribution < 1.29 is 4.79 Å². The summed E-state index contributed by atoms with van der Waals surface area (Å²) in [6, 6.07) is 17.8. The fourth-order valence-corrected chi connectivity index (χ4v) is 4.26. The standard InChI is InChI=1S/C20H21ClN6OS/c21-16-7-4-8-18(11-16)27-20(23-24-25-27)29-14-19(28)22-17-9-10-26(13-17)12-15-5-2-1-3-6-15/h1-8,11,17H,9-10,12-14H2,(H,22,28). The van der Waals surface area contributed by atoms with E-state index in [1.165, 1.54) is 17.3 Å². The zero-order chi connectivity index (χ0) is 20.1. The van der Waals surface area contributed by atoms with Gasteiger partial charge in [-0.3, -0.25) is 9.69 Å². The first kappa shape index (κ1) is 19.9. The molecular formula is C20H21ClN6OS. The van der Waals surface area contributed by atoms with Gasteiger partial charge in [-0.25, -0.2) is 0 Å². The molecule has 1 unspecified atom stereocenters. The summed E-state index contributed by atoms with van der Waals surface area (Å²) in [5, 5.41) is 16.0. The first-order chi connectivity index (χ1) is 14.2. The molecule has 2 aromatic carbocycles. The molecule has 1 aliphatic heterocycles. The van der Waals surface area contributed by atoms with Crippen LogP contribution in [0.25, 0.3) is 5.69 Å². The quantitative estimate of drug-likeness (QED) is 0.583. The second kappa shape index (κ2) is 9.39. The van der Waals surface area contributed by atoms with Gasteiger partial charge >= 0.3 is 0 Å². The number of nitrogens with zero attached hydrogens (tertiary/aromatic N) is 5. The van der Waals surface area contributed by atoms with Gasteiger partial charge in [0.2, 0.25) is 11.1 Å². The predicted molar refractivity (Wildman–Crippen MR) is 113 cm³/mol. The maximum Gasteiger partial charge on any atom is 0.230 e. The van der Waals surface area contributed by atoms with Gasteiger partial charge in [0, 0.05) is 30.7 Å². The van der Waals surface area contributed by atoms with E-state index in [0.717, 1.165) is 31.7 Å². The van der Waals surface area contributed by atoms with Gasteiger partial charge in [-0.15, -0.1) is 5.10 Å². The molecule has 1 saturated heterocycles. The third-order valence-electron chi connectivity index (χ3n) is 4.71. The number of tetrazole rings is 1. The van der Waals surface area contributed by atoms with E-state index in [1.54, 1.807) is 16.8 Å². The number of hydrogen-bond donors (Lipinski definition) is 1. The largest absolute Gasteiger partial charge is 0.351 e. The highest BCUT2D eigenvalue weighted by Gasteiger charge is 2.24. The van der Waals surface area contributed by atoms with Gasteiger partial charge in [0.05, 0.1) is 11.4 Å². The molecule has 1 atom stereocenters. The number of nitrogens with one attached hydrogen (secondary N) is 1. The smallest absolute Gasteiger partial charge is 0.230 e. The van der Waals surface area contributed by atoms with Crippen LogP contribution in [0.1, 0.15) is 12.0 Å². The van der Waals surface area contributed by atoms with Crippen LogP contribution < -0.4 is 5.32 Å². The number of benzene rings is 2. The normalized spacial score (nSPS) is 16.8. The van der Waals surface area contributed by atoms with E-state index >= 15 is 0 Å². The zero-order valence-electron chi connectivity index (χ0n) is 15.7. The van der Waals surface area contributed by atoms with Crippen LogP contribution in [0.15, 0.2) is 59.8 Å². The molecule has 2 heterocycles. The lowest BCUT2D eigenvalue weighted by Crippen LogP contribution is -2.38. The minimum absolute atomic E-state index is 0.0118. The van der Waals surface area contributed by atoms with Crippen LogP contribution in [0.3, 0.4) is 0 Å². The zero-order valence-corrected chi connectivity index (χ0v) is 17.3. The van der Waals surface area contributed by atoms with Gasteiger partial charge in [0.1, 0.15) is 0 Å². The average Bonchev–Trinajstić information content (AvgIpc) is 3.36. The summed E-state index contributed by atoms with van der Waals surface area (Å²) in [5.74, 6) is 0.248. The van der Waals surface area contributed by atoms with Gasteiger partial charge in [-0.2, -0.15) is 4.68 Å². The molecule has 9 heteroatoms. The summed E-state index contributed by atoms with van der Waals surface area (Å²) in [6.07, 6.45) is 0.962. The van der Waals surface area contributed by atoms with Crippen LogP contribution in [0.2, 0.25) is 5.02 Å². The Hall–Kier alpha value is -2.42. The highest BCUT2D eigenvalue weighted by atomic mass is 35.5. The third kappa shape index (κ3) is 5.35. The van der Waals surface area contributed by atoms with Crippen molar-refractivity contribution in [2.45, 2.75) is 24.2 Å². The van der Waals surface area contributed by atoms with Crippen molar-refractivity contribution in [3.05, 3.63) is 65.2 Å². The lowest BCUT2D eigenvalue weighted by atomic mass is 10.2. The second-order valence-electron chi connectivity index (χ2n) is 6.92. The second-order valence-corrected chi connectivity index (χ2v) is 8.29. The molecule has 1 N–H and O–H groups in total. The fraction of sp³-hybridized carbons (Fsp3) is 0.300. The molecule has 1 amide bonds. The molecule has 1 fully saturated rings. The van der Waals surface area contributed by atoms with E-state index in [4.69, 9.17) is 11.6 Å². The Labute approximate surface area is 178 Å². The molecule has 1 aliphatic rings. The van der Waals surface area contributed by atoms with Crippen LogP contribution >= 0.6 is 23.4 Å². The Bertz CT molecular complexity index is 966. The van der Waals surface area contributed by atoms with Crippen molar-refractivity contribution in [3.63, 3.8) is 0 Å². The lowest BCUT2D eigenvalue weighted by Gasteiger charge is -2.16. The summed E-state index contributed by atoms with van der Waals surface area (Å²) in [5.41, 5.74) is 2.06. The Morgan fingerprint density at radius 1 is 1.21 bits per heavy atom. The molecule has 4 rings (SSSR count). The van der Waals surface area contributed by atoms with Crippen LogP contribution in [-0.4, -0.2) is 55.9 Å². The van der Waals surface area contributed by atoms with Crippen molar-refractivity contribution in [3.8, 4) is 5.69 Å². The van der Waals surface area contributed by atoms with Crippen LogP contribution in [0, 0.1) is 0 Å². The highest BCUT2D eigenvalue weighted by molar-refractivity contribution is 7.99. The molecule has 29 heavy (non-hydrogen) atoms. The van der Waals surface area contributed by atoms with Gasteiger partial charge in [0.25, 0.3) is 0 Å². The van der Waals surface area contributed by atoms with E-state index in [-0.39, 0.29) is 17.7 Å². The van der Waals surface area contributed by atoms with Crippen molar-refractivity contribution in [2.24, 2.45) is 0 Å². The number of rotatable bonds is 7. The molecule has 0 aliphatic carbocycles. The van der Waals surface area contributed by atoms with Crippen LogP contribution in [0.4, 0.5) is 0 Å². The van der Waals surface area contributed by atoms with Gasteiger partial charge in [0.15, 0.2) is 0 Å². The number of carbonyl (C=O) groups excluding carboxylic acids is 1. The van der Waals surface area contributed by atoms with E-state index in [2.05, 4.69) is 50.0 Å². The molecule has 150 valence electrons. The maximum absolute atomic E-state index is 12.4. The van der Waals surface area contributed by atoms with Gasteiger partial charge in [-0.1, -0.05) is 59.8 Å². The topological polar surface area (TPSA) is 75.9 Å². The number of amides is 1. The summed E-state index contributed by atoms with van der Waals surface area (Å²) >= 11 is 7.35. The summed E-state index contributed by atoms with van der Waals surface area (Å²) in [7, 11) is 0. The number of hydrogen-bond acceptors (Lipinski definition) is 6. The first-order valence-electron chi connectivity index (χ1n) is 9.40. The number of halogens is 1. The Kier molecular flexibility index (Phi) is 6.43. The van der Waals surface area contributed by atoms with E-state index in [0.29, 0.717) is 10.2 Å². The number of thioether (sulfide) groups is 1. The average molecular weight is 429 g/mol. The first-order valence-corrected chi connectivity index (χ1v) is 10.8. The maximum atomic E-state index is 12.4. The predicted octanol–water partition coefficient (Wildman–Crippen LogP) is 2.80. The van der Waals surface area contributed by atoms with Crippen LogP contribution in [-0.2, 0) is 11.3 Å². The highest BCUT2D eigenvalue weighted by Crippen LogP contribution is 2.20. The van der Waals surface area contributed by atoms with Crippen molar-refractivity contribution in [1.29, 1.82) is 0 Å². The molecular weight excluding hydrogens is 408 g/mol. The Balaban J connectivity index is 1.27. The van der Waals surface area contributed by atoms with Crippen molar-refractivity contribution in [1.82, 2.24) is 30.4 Å². The molecule has 1 aromatic heterocycles. The molecule has 0 spiro atoms. The van der Waals surface area contributed by atoms with E-state index in [9.17, 15) is 4.79 Å². The third-order valence-corrected chi connectivity index (χ3v) is 5.87. The molecule has 3 aromatic rings. The molecule has 7 nitrogen and oxygen atoms in total. The van der Waals surface area contributed by atoms with Crippen molar-refractivity contribution >= 4 is 29.3 Å². The number of aromatic nitrogens is 4. The van der Waals surface area contributed by atoms with Crippen LogP contribution in [0.5, 0.6) is 0 Å². The van der Waals surface area contributed by atoms with Crippen molar-refractivity contribution in [2.75, 3.05) is 18.8 Å². The van der Waals surface area contributed by atoms with E-state index in [1.807, 2.05) is 18.2 Å². The van der Waals surface area contributed by atoms with Gasteiger partial charge < -0.3 is 5.32 Å². The molecule has 0 bridgehead atoms. The van der Waals surface area contributed by atoms with E-state index < -0.39 is 0 Å². The van der Waals surface area contributed by atoms with Gasteiger partial charge in [-0.05, 0) is 40.6 Å². The monoisotopic (exact) mass is 428 g/mol. The molecule has 0 radical (unpaired) electrons. The summed E-state index contributed by atoms with van der Waals surface area (Å²) < 4.78 is 1.58. The molecule has 0 saturated carbocycles. The number of carbonyl (C=O) groups is 1.